The van der Waals surface area contributed by atoms with Crippen LogP contribution in [-0.4, -0.2) is 21.6 Å². The number of halogens is 1. The van der Waals surface area contributed by atoms with Gasteiger partial charge >= 0.3 is 0 Å². The van der Waals surface area contributed by atoms with Gasteiger partial charge < -0.3 is 0 Å². The summed E-state index contributed by atoms with van der Waals surface area (Å²) in [5.41, 5.74) is 3.00. The first-order chi connectivity index (χ1) is 15.0. The van der Waals surface area contributed by atoms with Gasteiger partial charge in [0, 0.05) is 16.1 Å². The summed E-state index contributed by atoms with van der Waals surface area (Å²) in [5.74, 6) is 0.663. The van der Waals surface area contributed by atoms with Crippen molar-refractivity contribution in [3.63, 3.8) is 0 Å². The van der Waals surface area contributed by atoms with Crippen LogP contribution >= 0.6 is 34.7 Å². The summed E-state index contributed by atoms with van der Waals surface area (Å²) >= 11 is 9.01. The van der Waals surface area contributed by atoms with Crippen LogP contribution in [0.3, 0.4) is 0 Å². The number of para-hydroxylation sites is 1. The molecule has 2 heterocycles. The third kappa shape index (κ3) is 5.26. The van der Waals surface area contributed by atoms with Crippen LogP contribution in [0.15, 0.2) is 71.8 Å². The van der Waals surface area contributed by atoms with Crippen molar-refractivity contribution in [3.05, 3.63) is 83.1 Å². The highest BCUT2D eigenvalue weighted by Crippen LogP contribution is 2.34. The summed E-state index contributed by atoms with van der Waals surface area (Å²) in [6.45, 7) is 4.71. The van der Waals surface area contributed by atoms with Crippen LogP contribution in [0.4, 0.5) is 5.13 Å². The molecule has 4 nitrogen and oxygen atoms in total. The van der Waals surface area contributed by atoms with E-state index in [0.717, 1.165) is 20.8 Å². The van der Waals surface area contributed by atoms with Crippen molar-refractivity contribution in [2.75, 3.05) is 10.7 Å². The molecular weight excluding hydrogens is 446 g/mol. The Balaban J connectivity index is 1.64. The first-order valence-electron chi connectivity index (χ1n) is 9.99. The number of amides is 1. The molecule has 4 aromatic rings. The molecule has 1 amide bonds. The fourth-order valence-corrected chi connectivity index (χ4v) is 5.13. The van der Waals surface area contributed by atoms with E-state index in [0.29, 0.717) is 28.4 Å². The molecule has 0 radical (unpaired) electrons. The van der Waals surface area contributed by atoms with Gasteiger partial charge in [0.15, 0.2) is 5.13 Å². The Morgan fingerprint density at radius 1 is 1.10 bits per heavy atom. The van der Waals surface area contributed by atoms with Crippen molar-refractivity contribution in [1.82, 2.24) is 9.97 Å². The first-order valence-corrected chi connectivity index (χ1v) is 12.2. The highest BCUT2D eigenvalue weighted by atomic mass is 35.5. The summed E-state index contributed by atoms with van der Waals surface area (Å²) in [7, 11) is 0. The number of hydrogen-bond donors (Lipinski definition) is 0. The average Bonchev–Trinajstić information content (AvgIpc) is 3.21. The van der Waals surface area contributed by atoms with E-state index in [-0.39, 0.29) is 5.91 Å². The number of fused-ring (bicyclic) bond motifs is 1. The summed E-state index contributed by atoms with van der Waals surface area (Å²) in [6.07, 6.45) is 1.75. The van der Waals surface area contributed by atoms with Crippen molar-refractivity contribution in [3.8, 4) is 0 Å². The molecule has 0 saturated carbocycles. The summed E-state index contributed by atoms with van der Waals surface area (Å²) < 4.78 is 1.09. The molecule has 0 bridgehead atoms. The quantitative estimate of drug-likeness (QED) is 0.280. The Hall–Kier alpha value is -2.41. The zero-order chi connectivity index (χ0) is 21.8. The molecule has 4 rings (SSSR count). The maximum absolute atomic E-state index is 13.3. The number of hydrogen-bond acceptors (Lipinski definition) is 5. The molecule has 0 aliphatic carbocycles. The monoisotopic (exact) mass is 467 g/mol. The molecule has 0 unspecified atom stereocenters. The Morgan fingerprint density at radius 2 is 1.90 bits per heavy atom. The molecule has 2 aromatic carbocycles. The lowest BCUT2D eigenvalue weighted by Gasteiger charge is -2.19. The normalized spacial score (nSPS) is 11.2. The van der Waals surface area contributed by atoms with Gasteiger partial charge in [0.2, 0.25) is 5.91 Å². The maximum atomic E-state index is 13.3. The third-order valence-electron chi connectivity index (χ3n) is 4.82. The van der Waals surface area contributed by atoms with Crippen LogP contribution in [0.1, 0.15) is 31.0 Å². The van der Waals surface area contributed by atoms with Crippen LogP contribution in [0, 0.1) is 0 Å². The molecular formula is C24H22ClN3OS2. The van der Waals surface area contributed by atoms with Gasteiger partial charge in [-0.25, -0.2) is 4.98 Å². The van der Waals surface area contributed by atoms with Crippen LogP contribution in [0.2, 0.25) is 5.02 Å². The van der Waals surface area contributed by atoms with Gasteiger partial charge in [-0.15, -0.1) is 11.8 Å². The standard InChI is InChI=1S/C24H22ClN3OS2/c1-16(2)20-7-5-8-21-23(20)27-24(31-21)28(14-18-6-3-4-13-26-18)22(29)15-30-19-11-9-17(25)10-12-19/h3-13,16H,14-15H2,1-2H3. The van der Waals surface area contributed by atoms with Crippen LogP contribution < -0.4 is 4.90 Å². The van der Waals surface area contributed by atoms with E-state index >= 15 is 0 Å². The molecule has 0 spiro atoms. The van der Waals surface area contributed by atoms with Gasteiger partial charge in [0.1, 0.15) is 0 Å². The number of aromatic nitrogens is 2. The Bertz CT molecular complexity index is 1180. The lowest BCUT2D eigenvalue weighted by atomic mass is 10.0. The lowest BCUT2D eigenvalue weighted by molar-refractivity contribution is -0.116. The Kier molecular flexibility index (Phi) is 6.90. The van der Waals surface area contributed by atoms with Gasteiger partial charge in [-0.3, -0.25) is 14.7 Å². The molecule has 0 saturated heterocycles. The number of thioether (sulfide) groups is 1. The molecule has 0 atom stereocenters. The lowest BCUT2D eigenvalue weighted by Crippen LogP contribution is -2.32. The molecule has 7 heteroatoms. The second kappa shape index (κ2) is 9.81. The predicted molar refractivity (Wildman–Crippen MR) is 131 cm³/mol. The van der Waals surface area contributed by atoms with Gasteiger partial charge in [0.05, 0.1) is 28.2 Å². The van der Waals surface area contributed by atoms with E-state index < -0.39 is 0 Å². The molecule has 0 aliphatic rings. The van der Waals surface area contributed by atoms with Crippen molar-refractivity contribution >= 4 is 56.0 Å². The van der Waals surface area contributed by atoms with Crippen molar-refractivity contribution < 1.29 is 4.79 Å². The topological polar surface area (TPSA) is 46.1 Å². The average molecular weight is 468 g/mol. The number of thiazole rings is 1. The van der Waals surface area contributed by atoms with Gasteiger partial charge in [0.25, 0.3) is 0 Å². The second-order valence-electron chi connectivity index (χ2n) is 7.39. The molecule has 158 valence electrons. The van der Waals surface area contributed by atoms with Crippen LogP contribution in [0.25, 0.3) is 10.2 Å². The number of anilines is 1. The van der Waals surface area contributed by atoms with Crippen molar-refractivity contribution in [2.45, 2.75) is 31.2 Å². The largest absolute Gasteiger partial charge is 0.281 e. The summed E-state index contributed by atoms with van der Waals surface area (Å²) in [4.78, 5) is 25.4. The first kappa shape index (κ1) is 21.8. The smallest absolute Gasteiger partial charge is 0.239 e. The molecule has 31 heavy (non-hydrogen) atoms. The van der Waals surface area contributed by atoms with Crippen molar-refractivity contribution in [1.29, 1.82) is 0 Å². The fourth-order valence-electron chi connectivity index (χ4n) is 3.21. The predicted octanol–water partition coefficient (Wildman–Crippen LogP) is 6.79. The Morgan fingerprint density at radius 3 is 2.61 bits per heavy atom. The number of pyridine rings is 1. The number of carbonyl (C=O) groups excluding carboxylic acids is 1. The summed E-state index contributed by atoms with van der Waals surface area (Å²) in [6, 6.07) is 19.5. The maximum Gasteiger partial charge on any atom is 0.239 e. The SMILES string of the molecule is CC(C)c1cccc2sc(N(Cc3ccccn3)C(=O)CSc3ccc(Cl)cc3)nc12. The number of rotatable bonds is 7. The molecule has 0 aliphatic heterocycles. The van der Waals surface area contributed by atoms with E-state index in [2.05, 4.69) is 37.0 Å². The second-order valence-corrected chi connectivity index (χ2v) is 9.88. The van der Waals surface area contributed by atoms with Gasteiger partial charge in [-0.05, 0) is 53.9 Å². The zero-order valence-corrected chi connectivity index (χ0v) is 19.7. The van der Waals surface area contributed by atoms with Crippen LogP contribution in [0.5, 0.6) is 0 Å². The van der Waals surface area contributed by atoms with Crippen molar-refractivity contribution in [2.24, 2.45) is 0 Å². The highest BCUT2D eigenvalue weighted by molar-refractivity contribution is 8.00. The number of benzene rings is 2. The third-order valence-corrected chi connectivity index (χ3v) is 7.11. The minimum atomic E-state index is -0.00393. The minimum absolute atomic E-state index is 0.00393. The Labute approximate surface area is 195 Å². The van der Waals surface area contributed by atoms with Gasteiger partial charge in [-0.2, -0.15) is 0 Å². The molecule has 0 fully saturated rings. The summed E-state index contributed by atoms with van der Waals surface area (Å²) in [5, 5.41) is 1.39. The molecule has 2 aromatic heterocycles. The van der Waals surface area contributed by atoms with E-state index in [9.17, 15) is 4.79 Å². The fraction of sp³-hybridized carbons (Fsp3) is 0.208. The van der Waals surface area contributed by atoms with E-state index in [1.165, 1.54) is 17.3 Å². The van der Waals surface area contributed by atoms with E-state index in [4.69, 9.17) is 16.6 Å². The molecule has 0 N–H and O–H groups in total. The van der Waals surface area contributed by atoms with Crippen LogP contribution in [-0.2, 0) is 11.3 Å². The zero-order valence-electron chi connectivity index (χ0n) is 17.3. The van der Waals surface area contributed by atoms with E-state index in [1.54, 1.807) is 22.4 Å². The van der Waals surface area contributed by atoms with E-state index in [1.807, 2.05) is 42.5 Å². The number of nitrogens with zero attached hydrogens (tertiary/aromatic N) is 3. The van der Waals surface area contributed by atoms with Gasteiger partial charge in [-0.1, -0.05) is 55.0 Å². The highest BCUT2D eigenvalue weighted by Gasteiger charge is 2.22. The minimum Gasteiger partial charge on any atom is -0.281 e. The number of carbonyl (C=O) groups is 1.